The molecule has 2 rings (SSSR count). The average Bonchev–Trinajstić information content (AvgIpc) is 2.85. The molecule has 0 bridgehead atoms. The molecule has 1 aromatic carbocycles. The summed E-state index contributed by atoms with van der Waals surface area (Å²) in [6.07, 6.45) is 0.991. The molecule has 0 saturated heterocycles. The van der Waals surface area contributed by atoms with Gasteiger partial charge in [-0.15, -0.1) is 0 Å². The SMILES string of the molecule is CCCNc1nc(N)c(C(=O)NCc2ccc(Br)cc2)s1. The van der Waals surface area contributed by atoms with Crippen molar-refractivity contribution in [3.05, 3.63) is 39.2 Å². The lowest BCUT2D eigenvalue weighted by atomic mass is 10.2. The van der Waals surface area contributed by atoms with Gasteiger partial charge in [0.2, 0.25) is 0 Å². The lowest BCUT2D eigenvalue weighted by Crippen LogP contribution is -2.22. The van der Waals surface area contributed by atoms with Crippen molar-refractivity contribution in [2.45, 2.75) is 19.9 Å². The van der Waals surface area contributed by atoms with Crippen molar-refractivity contribution in [3.8, 4) is 0 Å². The quantitative estimate of drug-likeness (QED) is 0.730. The van der Waals surface area contributed by atoms with E-state index in [2.05, 4.69) is 38.5 Å². The highest BCUT2D eigenvalue weighted by atomic mass is 79.9. The second-order valence-corrected chi connectivity index (χ2v) is 6.38. The molecule has 4 N–H and O–H groups in total. The summed E-state index contributed by atoms with van der Waals surface area (Å²) in [7, 11) is 0. The van der Waals surface area contributed by atoms with E-state index in [0.717, 1.165) is 23.0 Å². The van der Waals surface area contributed by atoms with Crippen molar-refractivity contribution in [2.24, 2.45) is 0 Å². The summed E-state index contributed by atoms with van der Waals surface area (Å²) in [6, 6.07) is 7.79. The fourth-order valence-electron chi connectivity index (χ4n) is 1.67. The van der Waals surface area contributed by atoms with Gasteiger partial charge in [0.05, 0.1) is 0 Å². The van der Waals surface area contributed by atoms with Crippen molar-refractivity contribution in [2.75, 3.05) is 17.6 Å². The molecule has 0 saturated carbocycles. The number of halogens is 1. The van der Waals surface area contributed by atoms with Crippen LogP contribution >= 0.6 is 27.3 Å². The fraction of sp³-hybridized carbons (Fsp3) is 0.286. The summed E-state index contributed by atoms with van der Waals surface area (Å²) in [6.45, 7) is 3.34. The standard InChI is InChI=1S/C14H17BrN4OS/c1-2-7-17-14-19-12(16)11(21-14)13(20)18-8-9-3-5-10(15)6-4-9/h3-6H,2,7-8,16H2,1H3,(H,17,19)(H,18,20). The Labute approximate surface area is 136 Å². The monoisotopic (exact) mass is 368 g/mol. The van der Waals surface area contributed by atoms with E-state index in [1.165, 1.54) is 11.3 Å². The molecule has 0 aliphatic heterocycles. The fourth-order valence-corrected chi connectivity index (χ4v) is 2.76. The number of anilines is 2. The molecule has 0 aliphatic carbocycles. The van der Waals surface area contributed by atoms with Gasteiger partial charge in [0.25, 0.3) is 5.91 Å². The van der Waals surface area contributed by atoms with Crippen molar-refractivity contribution in [1.29, 1.82) is 0 Å². The molecule has 1 heterocycles. The second kappa shape index (κ2) is 7.42. The van der Waals surface area contributed by atoms with Crippen LogP contribution in [0.25, 0.3) is 0 Å². The minimum Gasteiger partial charge on any atom is -0.382 e. The van der Waals surface area contributed by atoms with E-state index in [-0.39, 0.29) is 11.7 Å². The summed E-state index contributed by atoms with van der Waals surface area (Å²) < 4.78 is 1.01. The number of nitrogen functional groups attached to an aromatic ring is 1. The molecule has 0 radical (unpaired) electrons. The minimum absolute atomic E-state index is 0.197. The Morgan fingerprint density at radius 1 is 1.38 bits per heavy atom. The first kappa shape index (κ1) is 15.8. The maximum absolute atomic E-state index is 12.1. The number of nitrogens with one attached hydrogen (secondary N) is 2. The van der Waals surface area contributed by atoms with Gasteiger partial charge in [-0.25, -0.2) is 4.98 Å². The number of rotatable bonds is 6. The molecular formula is C14H17BrN4OS. The zero-order valence-corrected chi connectivity index (χ0v) is 14.1. The number of carbonyl (C=O) groups excluding carboxylic acids is 1. The summed E-state index contributed by atoms with van der Waals surface area (Å²) in [5.41, 5.74) is 6.82. The highest BCUT2D eigenvalue weighted by molar-refractivity contribution is 9.10. The number of nitrogens with zero attached hydrogens (tertiary/aromatic N) is 1. The van der Waals surface area contributed by atoms with Crippen molar-refractivity contribution in [3.63, 3.8) is 0 Å². The number of carbonyl (C=O) groups is 1. The predicted octanol–water partition coefficient (Wildman–Crippen LogP) is 3.24. The molecule has 21 heavy (non-hydrogen) atoms. The molecule has 0 spiro atoms. The normalized spacial score (nSPS) is 10.4. The number of benzene rings is 1. The van der Waals surface area contributed by atoms with Crippen LogP contribution in [-0.2, 0) is 6.54 Å². The van der Waals surface area contributed by atoms with Gasteiger partial charge in [0.1, 0.15) is 10.7 Å². The van der Waals surface area contributed by atoms with Crippen LogP contribution in [0.5, 0.6) is 0 Å². The first-order valence-electron chi connectivity index (χ1n) is 6.63. The Kier molecular flexibility index (Phi) is 5.58. The molecule has 0 unspecified atom stereocenters. The predicted molar refractivity (Wildman–Crippen MR) is 90.6 cm³/mol. The van der Waals surface area contributed by atoms with Gasteiger partial charge in [-0.1, -0.05) is 46.3 Å². The summed E-state index contributed by atoms with van der Waals surface area (Å²) in [4.78, 5) is 16.7. The summed E-state index contributed by atoms with van der Waals surface area (Å²) >= 11 is 4.66. The van der Waals surface area contributed by atoms with Crippen LogP contribution in [0.1, 0.15) is 28.6 Å². The number of aromatic nitrogens is 1. The molecule has 5 nitrogen and oxygen atoms in total. The average molecular weight is 369 g/mol. The highest BCUT2D eigenvalue weighted by Crippen LogP contribution is 2.24. The number of nitrogens with two attached hydrogens (primary N) is 1. The third-order valence-electron chi connectivity index (χ3n) is 2.75. The summed E-state index contributed by atoms with van der Waals surface area (Å²) in [5, 5.41) is 6.67. The molecule has 1 amide bonds. The van der Waals surface area contributed by atoms with E-state index in [1.54, 1.807) is 0 Å². The molecular weight excluding hydrogens is 352 g/mol. The van der Waals surface area contributed by atoms with Crippen LogP contribution in [0.4, 0.5) is 10.9 Å². The van der Waals surface area contributed by atoms with Crippen LogP contribution in [0, 0.1) is 0 Å². The van der Waals surface area contributed by atoms with Crippen molar-refractivity contribution in [1.82, 2.24) is 10.3 Å². The van der Waals surface area contributed by atoms with Gasteiger partial charge < -0.3 is 16.4 Å². The maximum atomic E-state index is 12.1. The number of amides is 1. The number of hydrogen-bond donors (Lipinski definition) is 3. The maximum Gasteiger partial charge on any atom is 0.265 e. The van der Waals surface area contributed by atoms with E-state index in [4.69, 9.17) is 5.73 Å². The van der Waals surface area contributed by atoms with Crippen LogP contribution < -0.4 is 16.4 Å². The van der Waals surface area contributed by atoms with Gasteiger partial charge in [-0.2, -0.15) is 0 Å². The van der Waals surface area contributed by atoms with Gasteiger partial charge in [0.15, 0.2) is 5.13 Å². The second-order valence-electron chi connectivity index (χ2n) is 4.47. The molecule has 0 atom stereocenters. The van der Waals surface area contributed by atoms with E-state index >= 15 is 0 Å². The van der Waals surface area contributed by atoms with Gasteiger partial charge in [-0.3, -0.25) is 4.79 Å². The van der Waals surface area contributed by atoms with E-state index in [0.29, 0.717) is 16.6 Å². The van der Waals surface area contributed by atoms with Gasteiger partial charge in [-0.05, 0) is 24.1 Å². The first-order chi connectivity index (χ1) is 10.1. The zero-order valence-electron chi connectivity index (χ0n) is 11.6. The lowest BCUT2D eigenvalue weighted by molar-refractivity contribution is 0.0955. The van der Waals surface area contributed by atoms with Crippen LogP contribution in [0.3, 0.4) is 0 Å². The molecule has 2 aromatic rings. The largest absolute Gasteiger partial charge is 0.382 e. The van der Waals surface area contributed by atoms with Crippen LogP contribution in [-0.4, -0.2) is 17.4 Å². The van der Waals surface area contributed by atoms with Crippen molar-refractivity contribution >= 4 is 44.1 Å². The first-order valence-corrected chi connectivity index (χ1v) is 8.24. The summed E-state index contributed by atoms with van der Waals surface area (Å²) in [5.74, 6) is 0.0735. The molecule has 0 aliphatic rings. The number of thiazole rings is 1. The Morgan fingerprint density at radius 3 is 2.76 bits per heavy atom. The highest BCUT2D eigenvalue weighted by Gasteiger charge is 2.15. The Bertz CT molecular complexity index is 612. The smallest absolute Gasteiger partial charge is 0.265 e. The Morgan fingerprint density at radius 2 is 2.10 bits per heavy atom. The lowest BCUT2D eigenvalue weighted by Gasteiger charge is -2.04. The van der Waals surface area contributed by atoms with E-state index < -0.39 is 0 Å². The van der Waals surface area contributed by atoms with E-state index in [9.17, 15) is 4.79 Å². The molecule has 1 aromatic heterocycles. The Hall–Kier alpha value is -1.60. The van der Waals surface area contributed by atoms with Crippen LogP contribution in [0.15, 0.2) is 28.7 Å². The minimum atomic E-state index is -0.197. The molecule has 0 fully saturated rings. The van der Waals surface area contributed by atoms with Crippen molar-refractivity contribution < 1.29 is 4.79 Å². The van der Waals surface area contributed by atoms with E-state index in [1.807, 2.05) is 24.3 Å². The third-order valence-corrected chi connectivity index (χ3v) is 4.31. The Balaban J connectivity index is 1.96. The number of hydrogen-bond acceptors (Lipinski definition) is 5. The zero-order chi connectivity index (χ0) is 15.2. The topological polar surface area (TPSA) is 80.0 Å². The molecule has 112 valence electrons. The van der Waals surface area contributed by atoms with Gasteiger partial charge in [0, 0.05) is 17.6 Å². The van der Waals surface area contributed by atoms with Gasteiger partial charge >= 0.3 is 0 Å². The van der Waals surface area contributed by atoms with Crippen LogP contribution in [0.2, 0.25) is 0 Å². The third kappa shape index (κ3) is 4.44. The molecule has 7 heteroatoms.